The molecule has 0 amide bonds. The third-order valence-corrected chi connectivity index (χ3v) is 6.18. The zero-order valence-electron chi connectivity index (χ0n) is 14.2. The van der Waals surface area contributed by atoms with Crippen molar-refractivity contribution in [2.45, 2.75) is 30.8 Å². The predicted molar refractivity (Wildman–Crippen MR) is 94.6 cm³/mol. The smallest absolute Gasteiger partial charge is 0.338 e. The number of benzene rings is 2. The number of esters is 1. The fourth-order valence-electron chi connectivity index (χ4n) is 2.90. The summed E-state index contributed by atoms with van der Waals surface area (Å²) in [5.41, 5.74) is 0.676. The normalized spacial score (nSPS) is 15.6. The minimum Gasteiger partial charge on any atom is -0.457 e. The number of hydrogen-bond donors (Lipinski definition) is 0. The van der Waals surface area contributed by atoms with Gasteiger partial charge in [-0.1, -0.05) is 24.6 Å². The van der Waals surface area contributed by atoms with Crippen LogP contribution in [0.4, 0.5) is 4.39 Å². The second-order valence-corrected chi connectivity index (χ2v) is 8.14. The zero-order valence-corrected chi connectivity index (χ0v) is 15.0. The van der Waals surface area contributed by atoms with Crippen molar-refractivity contribution >= 4 is 16.0 Å². The van der Waals surface area contributed by atoms with Gasteiger partial charge in [0.2, 0.25) is 10.0 Å². The van der Waals surface area contributed by atoms with Crippen molar-refractivity contribution in [3.63, 3.8) is 0 Å². The number of hydrogen-bond acceptors (Lipinski definition) is 4. The lowest BCUT2D eigenvalue weighted by Gasteiger charge is -2.25. The maximum Gasteiger partial charge on any atom is 0.338 e. The van der Waals surface area contributed by atoms with E-state index in [1.165, 1.54) is 46.8 Å². The molecule has 0 N–H and O–H groups in total. The second kappa shape index (κ2) is 7.97. The maximum absolute atomic E-state index is 13.2. The Bertz CT molecular complexity index is 892. The highest BCUT2D eigenvalue weighted by Gasteiger charge is 2.26. The summed E-state index contributed by atoms with van der Waals surface area (Å²) in [4.78, 5) is 12.3. The summed E-state index contributed by atoms with van der Waals surface area (Å²) in [5, 5.41) is 0. The fourth-order valence-corrected chi connectivity index (χ4v) is 4.46. The van der Waals surface area contributed by atoms with Gasteiger partial charge >= 0.3 is 5.97 Å². The molecule has 7 heteroatoms. The molecule has 0 aliphatic carbocycles. The van der Waals surface area contributed by atoms with E-state index in [0.717, 1.165) is 19.3 Å². The lowest BCUT2D eigenvalue weighted by atomic mass is 10.2. The average Bonchev–Trinajstić information content (AvgIpc) is 2.67. The highest BCUT2D eigenvalue weighted by molar-refractivity contribution is 7.89. The van der Waals surface area contributed by atoms with Gasteiger partial charge in [-0.3, -0.25) is 0 Å². The summed E-state index contributed by atoms with van der Waals surface area (Å²) in [5.74, 6) is -1.06. The molecule has 1 aliphatic heterocycles. The molecule has 2 aromatic carbocycles. The number of nitrogens with zero attached hydrogens (tertiary/aromatic N) is 1. The second-order valence-electron chi connectivity index (χ2n) is 6.20. The van der Waals surface area contributed by atoms with Gasteiger partial charge in [0.25, 0.3) is 0 Å². The monoisotopic (exact) mass is 377 g/mol. The Morgan fingerprint density at radius 1 is 1.04 bits per heavy atom. The van der Waals surface area contributed by atoms with E-state index in [1.807, 2.05) is 0 Å². The molecule has 3 rings (SSSR count). The maximum atomic E-state index is 13.2. The van der Waals surface area contributed by atoms with Crippen LogP contribution >= 0.6 is 0 Å². The minimum absolute atomic E-state index is 0.0830. The molecular formula is C19H20FNO4S. The minimum atomic E-state index is -3.61. The third-order valence-electron chi connectivity index (χ3n) is 4.28. The molecular weight excluding hydrogens is 357 g/mol. The van der Waals surface area contributed by atoms with Crippen LogP contribution in [0.3, 0.4) is 0 Å². The van der Waals surface area contributed by atoms with Crippen LogP contribution in [-0.4, -0.2) is 31.8 Å². The first kappa shape index (κ1) is 18.5. The van der Waals surface area contributed by atoms with Gasteiger partial charge in [0.15, 0.2) is 0 Å². The van der Waals surface area contributed by atoms with Crippen LogP contribution in [0.25, 0.3) is 0 Å². The van der Waals surface area contributed by atoms with Gasteiger partial charge in [-0.05, 0) is 48.7 Å². The van der Waals surface area contributed by atoms with Gasteiger partial charge in [0.05, 0.1) is 10.5 Å². The highest BCUT2D eigenvalue weighted by atomic mass is 32.2. The first-order valence-corrected chi connectivity index (χ1v) is 9.92. The lowest BCUT2D eigenvalue weighted by molar-refractivity contribution is 0.0472. The van der Waals surface area contributed by atoms with Crippen molar-refractivity contribution in [2.24, 2.45) is 0 Å². The summed E-state index contributed by atoms with van der Waals surface area (Å²) < 4.78 is 45.2. The summed E-state index contributed by atoms with van der Waals surface area (Å²) in [6.07, 6.45) is 2.71. The molecule has 1 aliphatic rings. The Kier molecular flexibility index (Phi) is 5.68. The SMILES string of the molecule is O=C(OCc1cccc(F)c1)c1cccc(S(=O)(=O)N2CCCCC2)c1. The summed E-state index contributed by atoms with van der Waals surface area (Å²) in [6, 6.07) is 11.6. The van der Waals surface area contributed by atoms with E-state index in [9.17, 15) is 17.6 Å². The molecule has 1 saturated heterocycles. The van der Waals surface area contributed by atoms with Crippen LogP contribution in [0.1, 0.15) is 35.2 Å². The molecule has 0 saturated carbocycles. The molecule has 0 radical (unpaired) electrons. The molecule has 26 heavy (non-hydrogen) atoms. The van der Waals surface area contributed by atoms with E-state index >= 15 is 0 Å². The van der Waals surface area contributed by atoms with Crippen LogP contribution in [-0.2, 0) is 21.4 Å². The Hall–Kier alpha value is -2.25. The topological polar surface area (TPSA) is 63.7 Å². The fraction of sp³-hybridized carbons (Fsp3) is 0.316. The average molecular weight is 377 g/mol. The number of halogens is 1. The largest absolute Gasteiger partial charge is 0.457 e. The Morgan fingerprint density at radius 2 is 1.77 bits per heavy atom. The van der Waals surface area contributed by atoms with Crippen LogP contribution in [0, 0.1) is 5.82 Å². The predicted octanol–water partition coefficient (Wildman–Crippen LogP) is 3.36. The van der Waals surface area contributed by atoms with E-state index in [2.05, 4.69) is 0 Å². The zero-order chi connectivity index (χ0) is 18.6. The molecule has 138 valence electrons. The molecule has 0 unspecified atom stereocenters. The van der Waals surface area contributed by atoms with Crippen molar-refractivity contribution in [3.05, 3.63) is 65.5 Å². The number of ether oxygens (including phenoxy) is 1. The Balaban J connectivity index is 1.73. The van der Waals surface area contributed by atoms with Gasteiger partial charge in [0.1, 0.15) is 12.4 Å². The van der Waals surface area contributed by atoms with E-state index in [1.54, 1.807) is 6.07 Å². The van der Waals surface area contributed by atoms with E-state index < -0.39 is 21.8 Å². The number of sulfonamides is 1. The number of rotatable bonds is 5. The van der Waals surface area contributed by atoms with Crippen molar-refractivity contribution in [3.8, 4) is 0 Å². The lowest BCUT2D eigenvalue weighted by Crippen LogP contribution is -2.35. The molecule has 0 spiro atoms. The van der Waals surface area contributed by atoms with Gasteiger partial charge in [-0.15, -0.1) is 0 Å². The molecule has 0 aromatic heterocycles. The summed E-state index contributed by atoms with van der Waals surface area (Å²) in [7, 11) is -3.61. The number of carbonyl (C=O) groups is 1. The first-order valence-electron chi connectivity index (χ1n) is 8.48. The molecule has 1 fully saturated rings. The van der Waals surface area contributed by atoms with Gasteiger partial charge in [0, 0.05) is 13.1 Å². The van der Waals surface area contributed by atoms with Crippen LogP contribution in [0.5, 0.6) is 0 Å². The standard InChI is InChI=1S/C19H20FNO4S/c20-17-8-4-6-15(12-17)14-25-19(22)16-7-5-9-18(13-16)26(23,24)21-10-2-1-3-11-21/h4-9,12-13H,1-3,10-11,14H2. The molecule has 5 nitrogen and oxygen atoms in total. The third kappa shape index (κ3) is 4.28. The number of piperidine rings is 1. The first-order chi connectivity index (χ1) is 12.5. The van der Waals surface area contributed by atoms with Crippen LogP contribution in [0.15, 0.2) is 53.4 Å². The Labute approximate surface area is 152 Å². The quantitative estimate of drug-likeness (QED) is 0.750. The van der Waals surface area contributed by atoms with Gasteiger partial charge < -0.3 is 4.74 Å². The van der Waals surface area contributed by atoms with E-state index in [-0.39, 0.29) is 17.1 Å². The van der Waals surface area contributed by atoms with E-state index in [4.69, 9.17) is 4.74 Å². The van der Waals surface area contributed by atoms with Crippen molar-refractivity contribution < 1.29 is 22.3 Å². The van der Waals surface area contributed by atoms with Crippen molar-refractivity contribution in [2.75, 3.05) is 13.1 Å². The van der Waals surface area contributed by atoms with Gasteiger partial charge in [-0.25, -0.2) is 17.6 Å². The Morgan fingerprint density at radius 3 is 2.50 bits per heavy atom. The molecule has 0 bridgehead atoms. The van der Waals surface area contributed by atoms with Crippen LogP contribution < -0.4 is 0 Å². The summed E-state index contributed by atoms with van der Waals surface area (Å²) >= 11 is 0. The van der Waals surface area contributed by atoms with Crippen molar-refractivity contribution in [1.82, 2.24) is 4.31 Å². The number of carbonyl (C=O) groups excluding carboxylic acids is 1. The molecule has 1 heterocycles. The molecule has 0 atom stereocenters. The highest BCUT2D eigenvalue weighted by Crippen LogP contribution is 2.21. The summed E-state index contributed by atoms with van der Waals surface area (Å²) in [6.45, 7) is 0.910. The van der Waals surface area contributed by atoms with Crippen molar-refractivity contribution in [1.29, 1.82) is 0 Å². The van der Waals surface area contributed by atoms with Crippen LogP contribution in [0.2, 0.25) is 0 Å². The van der Waals surface area contributed by atoms with Gasteiger partial charge in [-0.2, -0.15) is 4.31 Å². The van der Waals surface area contributed by atoms with E-state index in [0.29, 0.717) is 18.7 Å². The molecule has 2 aromatic rings.